The second-order valence-corrected chi connectivity index (χ2v) is 12.8. The van der Waals surface area contributed by atoms with Gasteiger partial charge in [-0.2, -0.15) is 0 Å². The van der Waals surface area contributed by atoms with Crippen LogP contribution in [0.15, 0.2) is 121 Å². The second kappa shape index (κ2) is 26.6. The average molecular weight is 754 g/mol. The van der Waals surface area contributed by atoms with Crippen LogP contribution in [0.5, 0.6) is 0 Å². The number of rotatable bonds is 21. The van der Waals surface area contributed by atoms with Crippen molar-refractivity contribution in [3.63, 3.8) is 0 Å². The Morgan fingerprint density at radius 2 is 0.660 bits per heavy atom. The molecule has 0 radical (unpaired) electrons. The van der Waals surface area contributed by atoms with Gasteiger partial charge in [0, 0.05) is 38.0 Å². The molecular weight excluding hydrogens is 700 g/mol. The summed E-state index contributed by atoms with van der Waals surface area (Å²) in [7, 11) is 0. The maximum Gasteiger partial charge on any atom is 0.166 e. The fraction of sp³-hybridized carbons (Fsp3) is 0.350. The van der Waals surface area contributed by atoms with E-state index < -0.39 is 0 Å². The van der Waals surface area contributed by atoms with Gasteiger partial charge in [0.1, 0.15) is 0 Å². The molecule has 0 aliphatic heterocycles. The lowest BCUT2D eigenvalue weighted by Crippen LogP contribution is -2.39. The molecule has 0 aromatic heterocycles. The van der Waals surface area contributed by atoms with E-state index in [1.807, 2.05) is 0 Å². The number of unbranched alkanes of at least 4 members (excludes halogenated alkanes) is 1. The minimum Gasteiger partial charge on any atom is -0.363 e. The minimum atomic E-state index is 0. The largest absolute Gasteiger partial charge is 0.363 e. The highest BCUT2D eigenvalue weighted by atomic mass is 35.5. The van der Waals surface area contributed by atoms with E-state index in [2.05, 4.69) is 153 Å². The Morgan fingerprint density at radius 1 is 0.380 bits per heavy atom. The highest BCUT2D eigenvalue weighted by Gasteiger charge is 2.15. The van der Waals surface area contributed by atoms with E-state index >= 15 is 0 Å². The predicted molar refractivity (Wildman–Crippen MR) is 225 cm³/mol. The van der Waals surface area contributed by atoms with Gasteiger partial charge in [-0.15, -0.1) is 24.8 Å². The molecule has 270 valence electrons. The van der Waals surface area contributed by atoms with Crippen LogP contribution in [0.2, 0.25) is 0 Å². The predicted octanol–water partition coefficient (Wildman–Crippen LogP) is 7.16. The van der Waals surface area contributed by atoms with E-state index in [1.54, 1.807) is 0 Å². The molecule has 0 spiro atoms. The van der Waals surface area contributed by atoms with Crippen LogP contribution in [0.1, 0.15) is 59.8 Å². The molecule has 0 fully saturated rings. The Morgan fingerprint density at radius 3 is 0.960 bits per heavy atom. The van der Waals surface area contributed by atoms with Gasteiger partial charge < -0.3 is 31.9 Å². The van der Waals surface area contributed by atoms with Gasteiger partial charge in [0.05, 0.1) is 0 Å². The van der Waals surface area contributed by atoms with Crippen molar-refractivity contribution in [3.05, 3.63) is 144 Å². The highest BCUT2D eigenvalue weighted by molar-refractivity contribution is 7.80. The summed E-state index contributed by atoms with van der Waals surface area (Å²) in [6, 6.07) is 42.4. The Hall–Kier alpha value is -3.24. The van der Waals surface area contributed by atoms with E-state index in [1.165, 1.54) is 22.3 Å². The van der Waals surface area contributed by atoms with Crippen LogP contribution in [0.3, 0.4) is 0 Å². The maximum absolute atomic E-state index is 5.56. The number of halogens is 2. The molecule has 0 saturated heterocycles. The van der Waals surface area contributed by atoms with Crippen molar-refractivity contribution in [2.45, 2.75) is 37.5 Å². The lowest BCUT2D eigenvalue weighted by Gasteiger charge is -2.20. The summed E-state index contributed by atoms with van der Waals surface area (Å²) in [6.45, 7) is 7.28. The molecule has 0 aliphatic carbocycles. The Balaban J connectivity index is 0.00000433. The molecule has 0 heterocycles. The van der Waals surface area contributed by atoms with E-state index in [-0.39, 0.29) is 36.6 Å². The molecule has 0 unspecified atom stereocenters. The monoisotopic (exact) mass is 752 g/mol. The van der Waals surface area contributed by atoms with Gasteiger partial charge in [0.25, 0.3) is 0 Å². The maximum atomic E-state index is 5.56. The molecule has 4 aromatic rings. The smallest absolute Gasteiger partial charge is 0.166 e. The molecule has 0 bridgehead atoms. The SMILES string of the molecule is Cl.Cl.S=C(NCCCNCCCCNCCCNC(=S)NCC(c1ccccc1)c1ccccc1)NCC(c1ccccc1)c1ccccc1. The third-order valence-corrected chi connectivity index (χ3v) is 8.91. The molecule has 6 nitrogen and oxygen atoms in total. The van der Waals surface area contributed by atoms with Crippen molar-refractivity contribution in [2.24, 2.45) is 0 Å². The van der Waals surface area contributed by atoms with Crippen LogP contribution in [-0.2, 0) is 0 Å². The molecule has 4 aromatic carbocycles. The van der Waals surface area contributed by atoms with Crippen molar-refractivity contribution in [3.8, 4) is 0 Å². The topological polar surface area (TPSA) is 72.2 Å². The summed E-state index contributed by atoms with van der Waals surface area (Å²) in [4.78, 5) is 0. The summed E-state index contributed by atoms with van der Waals surface area (Å²) in [5.74, 6) is 0.509. The van der Waals surface area contributed by atoms with Crippen LogP contribution >= 0.6 is 49.2 Å². The summed E-state index contributed by atoms with van der Waals surface area (Å²) in [5.41, 5.74) is 5.15. The number of hydrogen-bond donors (Lipinski definition) is 6. The lowest BCUT2D eigenvalue weighted by atomic mass is 9.91. The molecular formula is C40H54Cl2N6S2. The third kappa shape index (κ3) is 16.6. The quantitative estimate of drug-likeness (QED) is 0.0396. The first-order valence-electron chi connectivity index (χ1n) is 17.4. The summed E-state index contributed by atoms with van der Waals surface area (Å²) < 4.78 is 0. The Labute approximate surface area is 323 Å². The van der Waals surface area contributed by atoms with Gasteiger partial charge >= 0.3 is 0 Å². The molecule has 0 amide bonds. The van der Waals surface area contributed by atoms with Gasteiger partial charge in [-0.25, -0.2) is 0 Å². The fourth-order valence-electron chi connectivity index (χ4n) is 5.69. The van der Waals surface area contributed by atoms with Crippen molar-refractivity contribution < 1.29 is 0 Å². The molecule has 4 rings (SSSR count). The van der Waals surface area contributed by atoms with Gasteiger partial charge in [-0.05, 0) is 98.6 Å². The number of benzene rings is 4. The first-order valence-corrected chi connectivity index (χ1v) is 18.2. The van der Waals surface area contributed by atoms with Crippen molar-refractivity contribution in [1.82, 2.24) is 31.9 Å². The Kier molecular flexibility index (Phi) is 22.8. The first kappa shape index (κ1) is 42.9. The fourth-order valence-corrected chi connectivity index (χ4v) is 6.06. The van der Waals surface area contributed by atoms with Crippen LogP contribution in [0.25, 0.3) is 0 Å². The minimum absolute atomic E-state index is 0. The van der Waals surface area contributed by atoms with Crippen LogP contribution in [0, 0.1) is 0 Å². The molecule has 10 heteroatoms. The molecule has 0 saturated carbocycles. The van der Waals surface area contributed by atoms with E-state index in [0.717, 1.165) is 78.0 Å². The summed E-state index contributed by atoms with van der Waals surface area (Å²) in [5, 5.41) is 22.1. The first-order chi connectivity index (χ1) is 23.7. The van der Waals surface area contributed by atoms with Crippen molar-refractivity contribution in [1.29, 1.82) is 0 Å². The molecule has 0 aliphatic rings. The number of nitrogens with one attached hydrogen (secondary N) is 6. The zero-order chi connectivity index (χ0) is 33.5. The number of thiocarbonyl (C=S) groups is 2. The van der Waals surface area contributed by atoms with Crippen LogP contribution in [0.4, 0.5) is 0 Å². The molecule has 50 heavy (non-hydrogen) atoms. The van der Waals surface area contributed by atoms with Crippen molar-refractivity contribution >= 4 is 59.5 Å². The van der Waals surface area contributed by atoms with Crippen LogP contribution in [-0.4, -0.2) is 62.6 Å². The van der Waals surface area contributed by atoms with E-state index in [0.29, 0.717) is 10.2 Å². The van der Waals surface area contributed by atoms with Gasteiger partial charge in [0.15, 0.2) is 10.2 Å². The average Bonchev–Trinajstić information content (AvgIpc) is 3.13. The lowest BCUT2D eigenvalue weighted by molar-refractivity contribution is 0.563. The third-order valence-electron chi connectivity index (χ3n) is 8.33. The summed E-state index contributed by atoms with van der Waals surface area (Å²) in [6.07, 6.45) is 4.39. The zero-order valence-corrected chi connectivity index (χ0v) is 32.1. The van der Waals surface area contributed by atoms with Crippen LogP contribution < -0.4 is 31.9 Å². The van der Waals surface area contributed by atoms with Crippen molar-refractivity contribution in [2.75, 3.05) is 52.4 Å². The highest BCUT2D eigenvalue weighted by Crippen LogP contribution is 2.24. The van der Waals surface area contributed by atoms with Gasteiger partial charge in [-0.3, -0.25) is 0 Å². The van der Waals surface area contributed by atoms with E-state index in [9.17, 15) is 0 Å². The molecule has 0 atom stereocenters. The second-order valence-electron chi connectivity index (χ2n) is 11.9. The number of hydrogen-bond acceptors (Lipinski definition) is 4. The normalized spacial score (nSPS) is 10.5. The molecule has 6 N–H and O–H groups in total. The van der Waals surface area contributed by atoms with Gasteiger partial charge in [0.2, 0.25) is 0 Å². The van der Waals surface area contributed by atoms with Gasteiger partial charge in [-0.1, -0.05) is 121 Å². The zero-order valence-electron chi connectivity index (χ0n) is 28.8. The summed E-state index contributed by atoms with van der Waals surface area (Å²) >= 11 is 11.1. The standard InChI is InChI=1S/C40H52N6S2.2ClH/c47-39(45-31-37(33-17-5-1-6-18-33)34-19-7-2-8-20-34)43-29-15-27-41-25-13-14-26-42-28-16-30-44-40(48)46-32-38(35-21-9-3-10-22-35)36-23-11-4-12-24-36;;/h1-12,17-24,37-38,41-42H,13-16,25-32H2,(H2,43,45,47)(H2,44,46,48);2*1H. The Bertz CT molecular complexity index is 1250. The van der Waals surface area contributed by atoms with E-state index in [4.69, 9.17) is 24.4 Å².